The fraction of sp³-hybridized carbons (Fsp3) is 0.857. The Labute approximate surface area is 372 Å². The highest BCUT2D eigenvalue weighted by molar-refractivity contribution is 7.47. The van der Waals surface area contributed by atoms with E-state index < -0.39 is 51.1 Å². The third-order valence-corrected chi connectivity index (χ3v) is 11.9. The number of carboxylic acids is 1. The van der Waals surface area contributed by atoms with Gasteiger partial charge in [-0.2, -0.15) is 0 Å². The summed E-state index contributed by atoms with van der Waals surface area (Å²) in [5, 5.41) is 8.91. The monoisotopic (exact) mass is 886 g/mol. The van der Waals surface area contributed by atoms with Gasteiger partial charge >= 0.3 is 25.7 Å². The maximum atomic E-state index is 12.7. The lowest BCUT2D eigenvalue weighted by molar-refractivity contribution is -0.161. The van der Waals surface area contributed by atoms with Gasteiger partial charge in [-0.1, -0.05) is 205 Å². The highest BCUT2D eigenvalue weighted by Crippen LogP contribution is 2.43. The number of ether oxygens (including phenoxy) is 2. The largest absolute Gasteiger partial charge is 0.480 e. The predicted octanol–water partition coefficient (Wildman–Crippen LogP) is 13.8. The summed E-state index contributed by atoms with van der Waals surface area (Å²) in [6.45, 7) is 2.81. The summed E-state index contributed by atoms with van der Waals surface area (Å²) in [6.07, 6.45) is 48.1. The molecule has 0 heterocycles. The van der Waals surface area contributed by atoms with Crippen LogP contribution in [0.15, 0.2) is 24.3 Å². The average molecular weight is 886 g/mol. The number of rotatable bonds is 47. The number of carboxylic acid groups (broad SMARTS) is 1. The Bertz CT molecular complexity index is 1130. The van der Waals surface area contributed by atoms with Crippen LogP contribution >= 0.6 is 7.82 Å². The maximum Gasteiger partial charge on any atom is 0.472 e. The molecule has 358 valence electrons. The number of carbonyl (C=O) groups excluding carboxylic acids is 2. The van der Waals surface area contributed by atoms with E-state index in [0.717, 1.165) is 57.8 Å². The van der Waals surface area contributed by atoms with Gasteiger partial charge in [0.1, 0.15) is 12.6 Å². The van der Waals surface area contributed by atoms with Gasteiger partial charge in [0.15, 0.2) is 6.10 Å². The van der Waals surface area contributed by atoms with Gasteiger partial charge in [-0.25, -0.2) is 4.57 Å². The molecule has 61 heavy (non-hydrogen) atoms. The van der Waals surface area contributed by atoms with E-state index in [2.05, 4.69) is 42.7 Å². The molecular weight excluding hydrogens is 794 g/mol. The summed E-state index contributed by atoms with van der Waals surface area (Å²) < 4.78 is 32.8. The van der Waals surface area contributed by atoms with Gasteiger partial charge in [0.05, 0.1) is 13.2 Å². The van der Waals surface area contributed by atoms with Crippen molar-refractivity contribution in [2.24, 2.45) is 5.73 Å². The highest BCUT2D eigenvalue weighted by atomic mass is 31.2. The molecule has 0 aromatic carbocycles. The summed E-state index contributed by atoms with van der Waals surface area (Å²) in [5.74, 6) is -2.37. The lowest BCUT2D eigenvalue weighted by Crippen LogP contribution is -2.34. The van der Waals surface area contributed by atoms with Crippen LogP contribution in [0.5, 0.6) is 0 Å². The van der Waals surface area contributed by atoms with E-state index in [-0.39, 0.29) is 19.4 Å². The van der Waals surface area contributed by atoms with Crippen molar-refractivity contribution >= 4 is 25.7 Å². The molecule has 0 rings (SSSR count). The fourth-order valence-corrected chi connectivity index (χ4v) is 7.82. The van der Waals surface area contributed by atoms with E-state index in [0.29, 0.717) is 12.8 Å². The van der Waals surface area contributed by atoms with Gasteiger partial charge in [0, 0.05) is 12.8 Å². The van der Waals surface area contributed by atoms with Crippen molar-refractivity contribution in [2.75, 3.05) is 19.8 Å². The molecule has 0 saturated heterocycles. The van der Waals surface area contributed by atoms with Crippen LogP contribution in [-0.4, -0.2) is 59.9 Å². The Morgan fingerprint density at radius 1 is 0.508 bits per heavy atom. The Morgan fingerprint density at radius 3 is 1.31 bits per heavy atom. The molecule has 0 aromatic rings. The average Bonchev–Trinajstić information content (AvgIpc) is 3.24. The fourth-order valence-electron chi connectivity index (χ4n) is 7.04. The van der Waals surface area contributed by atoms with E-state index >= 15 is 0 Å². The van der Waals surface area contributed by atoms with Gasteiger partial charge in [0.2, 0.25) is 0 Å². The highest BCUT2D eigenvalue weighted by Gasteiger charge is 2.28. The van der Waals surface area contributed by atoms with Crippen LogP contribution in [0.4, 0.5) is 0 Å². The maximum absolute atomic E-state index is 12.7. The molecule has 0 aliphatic rings. The van der Waals surface area contributed by atoms with E-state index in [1.807, 2.05) is 0 Å². The van der Waals surface area contributed by atoms with Crippen LogP contribution in [0.2, 0.25) is 0 Å². The van der Waals surface area contributed by atoms with Gasteiger partial charge in [0.25, 0.3) is 0 Å². The number of hydrogen-bond acceptors (Lipinski definition) is 9. The first kappa shape index (κ1) is 59.0. The van der Waals surface area contributed by atoms with Crippen molar-refractivity contribution in [3.8, 4) is 0 Å². The number of nitrogens with two attached hydrogens (primary N) is 1. The SMILES string of the molecule is CCCCC/C=C\C/C=C\CCCCCCCCCC(=O)OC(COC(=O)CCCCCCCCCCCCCCCCCCCCCC)COP(=O)(O)OCC(N)C(=O)O. The third kappa shape index (κ3) is 44.4. The summed E-state index contributed by atoms with van der Waals surface area (Å²) in [7, 11) is -4.72. The Balaban J connectivity index is 4.24. The van der Waals surface area contributed by atoms with Crippen LogP contribution < -0.4 is 5.73 Å². The van der Waals surface area contributed by atoms with Crippen molar-refractivity contribution in [1.29, 1.82) is 0 Å². The molecule has 0 aromatic heterocycles. The van der Waals surface area contributed by atoms with E-state index in [4.69, 9.17) is 24.8 Å². The number of carbonyl (C=O) groups is 3. The van der Waals surface area contributed by atoms with Gasteiger partial charge in [-0.3, -0.25) is 23.4 Å². The van der Waals surface area contributed by atoms with Gasteiger partial charge in [-0.15, -0.1) is 0 Å². The van der Waals surface area contributed by atoms with Crippen LogP contribution in [0.3, 0.4) is 0 Å². The molecule has 3 atom stereocenters. The summed E-state index contributed by atoms with van der Waals surface area (Å²) >= 11 is 0. The predicted molar refractivity (Wildman–Crippen MR) is 249 cm³/mol. The topological polar surface area (TPSA) is 172 Å². The van der Waals surface area contributed by atoms with Crippen LogP contribution in [0.25, 0.3) is 0 Å². The number of aliphatic carboxylic acids is 1. The molecule has 0 aliphatic heterocycles. The smallest absolute Gasteiger partial charge is 0.472 e. The van der Waals surface area contributed by atoms with Crippen molar-refractivity contribution in [1.82, 2.24) is 0 Å². The minimum absolute atomic E-state index is 0.155. The first-order valence-corrected chi connectivity index (χ1v) is 26.4. The van der Waals surface area contributed by atoms with Crippen molar-refractivity contribution < 1.29 is 47.5 Å². The van der Waals surface area contributed by atoms with E-state index in [1.54, 1.807) is 0 Å². The van der Waals surface area contributed by atoms with Gasteiger partial charge < -0.3 is 25.2 Å². The second kappa shape index (κ2) is 44.6. The summed E-state index contributed by atoms with van der Waals surface area (Å²) in [6, 6.07) is -1.52. The number of phosphoric acid groups is 1. The van der Waals surface area contributed by atoms with Crippen LogP contribution in [0.1, 0.15) is 239 Å². The van der Waals surface area contributed by atoms with Crippen LogP contribution in [0, 0.1) is 0 Å². The molecule has 0 fully saturated rings. The molecule has 12 heteroatoms. The molecule has 3 unspecified atom stereocenters. The van der Waals surface area contributed by atoms with E-state index in [1.165, 1.54) is 141 Å². The second-order valence-corrected chi connectivity index (χ2v) is 18.4. The number of hydrogen-bond donors (Lipinski definition) is 3. The molecule has 0 bridgehead atoms. The third-order valence-electron chi connectivity index (χ3n) is 11.0. The van der Waals surface area contributed by atoms with E-state index in [9.17, 15) is 23.8 Å². The lowest BCUT2D eigenvalue weighted by atomic mass is 10.0. The molecular formula is C49H92NO10P. The minimum Gasteiger partial charge on any atom is -0.480 e. The number of phosphoric ester groups is 1. The molecule has 0 spiro atoms. The summed E-state index contributed by atoms with van der Waals surface area (Å²) in [5.41, 5.74) is 5.35. The zero-order chi connectivity index (χ0) is 44.9. The Kier molecular flexibility index (Phi) is 43.1. The first-order chi connectivity index (χ1) is 29.6. The molecule has 0 radical (unpaired) electrons. The van der Waals surface area contributed by atoms with Gasteiger partial charge in [-0.05, 0) is 44.9 Å². The zero-order valence-corrected chi connectivity index (χ0v) is 39.9. The standard InChI is InChI=1S/C49H92NO10P/c1-3-5-7-9-11-13-15-17-19-21-22-23-25-26-28-30-32-34-36-38-40-47(51)57-42-45(43-58-61(55,56)59-44-46(50)49(53)54)60-48(52)41-39-37-35-33-31-29-27-24-20-18-16-14-12-10-8-6-4-2/h12,14,18,20,45-46H,3-11,13,15-17,19,21-44,50H2,1-2H3,(H,53,54)(H,55,56)/b14-12-,20-18-. The quantitative estimate of drug-likeness (QED) is 0.0230. The molecule has 0 amide bonds. The normalized spacial score (nSPS) is 13.8. The number of esters is 2. The lowest BCUT2D eigenvalue weighted by Gasteiger charge is -2.20. The molecule has 11 nitrogen and oxygen atoms in total. The van der Waals surface area contributed by atoms with Crippen molar-refractivity contribution in [3.63, 3.8) is 0 Å². The minimum atomic E-state index is -4.72. The first-order valence-electron chi connectivity index (χ1n) is 24.9. The molecule has 0 aliphatic carbocycles. The Hall–Kier alpha value is -2.04. The molecule has 4 N–H and O–H groups in total. The van der Waals surface area contributed by atoms with Crippen LogP contribution in [-0.2, 0) is 37.5 Å². The number of allylic oxidation sites excluding steroid dienone is 4. The molecule has 0 saturated carbocycles. The van der Waals surface area contributed by atoms with Crippen molar-refractivity contribution in [3.05, 3.63) is 24.3 Å². The zero-order valence-electron chi connectivity index (χ0n) is 39.0. The second-order valence-electron chi connectivity index (χ2n) is 17.0. The van der Waals surface area contributed by atoms with Crippen molar-refractivity contribution in [2.45, 2.75) is 251 Å². The summed E-state index contributed by atoms with van der Waals surface area (Å²) in [4.78, 5) is 46.1. The number of unbranched alkanes of at least 4 members (excludes halogenated alkanes) is 29. The Morgan fingerprint density at radius 2 is 0.869 bits per heavy atom.